The molecule has 0 N–H and O–H groups in total. The van der Waals surface area contributed by atoms with E-state index in [2.05, 4.69) is 17.9 Å². The lowest BCUT2D eigenvalue weighted by molar-refractivity contribution is 0.935. The van der Waals surface area contributed by atoms with Crippen LogP contribution in [0.4, 0.5) is 0 Å². The molecule has 1 aromatic heterocycles. The van der Waals surface area contributed by atoms with Gasteiger partial charge in [-0.05, 0) is 11.6 Å². The number of hydrogen-bond acceptors (Lipinski definition) is 1. The van der Waals surface area contributed by atoms with E-state index >= 15 is 0 Å². The molecule has 1 heterocycles. The maximum atomic E-state index is 4.12. The lowest BCUT2D eigenvalue weighted by Gasteiger charge is -1.97. The van der Waals surface area contributed by atoms with Gasteiger partial charge in [-0.2, -0.15) is 0 Å². The van der Waals surface area contributed by atoms with Crippen molar-refractivity contribution in [2.45, 2.75) is 0 Å². The van der Waals surface area contributed by atoms with Gasteiger partial charge in [0, 0.05) is 7.05 Å². The van der Waals surface area contributed by atoms with E-state index in [1.54, 1.807) is 0 Å². The van der Waals surface area contributed by atoms with Gasteiger partial charge in [0.05, 0.1) is 11.0 Å². The summed E-state index contributed by atoms with van der Waals surface area (Å²) in [6, 6.07) is 5.96. The Labute approximate surface area is 71.2 Å². The summed E-state index contributed by atoms with van der Waals surface area (Å²) < 4.78 is 1.88. The third kappa shape index (κ3) is 0.848. The Hall–Kier alpha value is -1.57. The summed E-state index contributed by atoms with van der Waals surface area (Å²) in [5.41, 5.74) is 3.16. The minimum Gasteiger partial charge on any atom is -0.324 e. The van der Waals surface area contributed by atoms with Crippen molar-refractivity contribution in [3.8, 4) is 0 Å². The maximum Gasteiger partial charge on any atom is 0.177 e. The van der Waals surface area contributed by atoms with E-state index in [4.69, 9.17) is 0 Å². The fourth-order valence-corrected chi connectivity index (χ4v) is 1.35. The maximum absolute atomic E-state index is 4.12. The van der Waals surface area contributed by atoms with Crippen LogP contribution >= 0.6 is 0 Å². The molecule has 0 fully saturated rings. The van der Waals surface area contributed by atoms with Crippen molar-refractivity contribution < 1.29 is 0 Å². The Morgan fingerprint density at radius 3 is 3.17 bits per heavy atom. The minimum atomic E-state index is 0.968. The molecule has 1 aromatic carbocycles. The number of rotatable bonds is 1. The fourth-order valence-electron chi connectivity index (χ4n) is 1.35. The van der Waals surface area contributed by atoms with Crippen LogP contribution in [-0.4, -0.2) is 9.55 Å². The van der Waals surface area contributed by atoms with Crippen LogP contribution in [0.5, 0.6) is 0 Å². The molecule has 0 amide bonds. The van der Waals surface area contributed by atoms with Gasteiger partial charge >= 0.3 is 0 Å². The van der Waals surface area contributed by atoms with Gasteiger partial charge in [-0.1, -0.05) is 24.8 Å². The molecule has 2 heteroatoms. The smallest absolute Gasteiger partial charge is 0.177 e. The first kappa shape index (κ1) is 7.10. The number of nitrogens with zero attached hydrogens (tertiary/aromatic N) is 2. The predicted molar refractivity (Wildman–Crippen MR) is 49.6 cm³/mol. The fraction of sp³-hybridized carbons (Fsp3) is 0.100. The predicted octanol–water partition coefficient (Wildman–Crippen LogP) is 2.02. The molecule has 0 atom stereocenters. The average Bonchev–Trinajstić information content (AvgIpc) is 2.48. The molecule has 0 bridgehead atoms. The first-order valence-electron chi connectivity index (χ1n) is 3.78. The third-order valence-corrected chi connectivity index (χ3v) is 1.92. The van der Waals surface area contributed by atoms with Crippen LogP contribution in [0, 0.1) is 6.33 Å². The third-order valence-electron chi connectivity index (χ3n) is 1.92. The molecule has 59 valence electrons. The van der Waals surface area contributed by atoms with Crippen molar-refractivity contribution >= 4 is 17.1 Å². The van der Waals surface area contributed by atoms with Crippen LogP contribution in [0.25, 0.3) is 17.1 Å². The van der Waals surface area contributed by atoms with Gasteiger partial charge in [0.1, 0.15) is 0 Å². The Morgan fingerprint density at radius 2 is 2.42 bits per heavy atom. The number of para-hydroxylation sites is 1. The van der Waals surface area contributed by atoms with E-state index in [1.807, 2.05) is 35.9 Å². The van der Waals surface area contributed by atoms with Crippen LogP contribution < -0.4 is 0 Å². The molecule has 1 radical (unpaired) electrons. The number of aryl methyl sites for hydroxylation is 1. The lowest BCUT2D eigenvalue weighted by Crippen LogP contribution is -1.86. The van der Waals surface area contributed by atoms with Crippen LogP contribution in [-0.2, 0) is 7.05 Å². The molecule has 2 aromatic rings. The summed E-state index contributed by atoms with van der Waals surface area (Å²) in [7, 11) is 1.93. The summed E-state index contributed by atoms with van der Waals surface area (Å²) in [6.45, 7) is 3.75. The van der Waals surface area contributed by atoms with E-state index in [-0.39, 0.29) is 0 Å². The first-order chi connectivity index (χ1) is 5.83. The van der Waals surface area contributed by atoms with Crippen LogP contribution in [0.15, 0.2) is 24.8 Å². The molecule has 2 nitrogen and oxygen atoms in total. The van der Waals surface area contributed by atoms with Crippen LogP contribution in [0.3, 0.4) is 0 Å². The van der Waals surface area contributed by atoms with E-state index in [0.717, 1.165) is 16.6 Å². The number of hydrogen-bond donors (Lipinski definition) is 0. The number of imidazole rings is 1. The molecule has 12 heavy (non-hydrogen) atoms. The van der Waals surface area contributed by atoms with E-state index in [0.29, 0.717) is 0 Å². The van der Waals surface area contributed by atoms with Crippen molar-refractivity contribution in [3.63, 3.8) is 0 Å². The molecular weight excluding hydrogens is 148 g/mol. The van der Waals surface area contributed by atoms with Crippen molar-refractivity contribution in [2.75, 3.05) is 0 Å². The molecule has 2 rings (SSSR count). The molecule has 0 spiro atoms. The van der Waals surface area contributed by atoms with E-state index in [1.165, 1.54) is 0 Å². The summed E-state index contributed by atoms with van der Waals surface area (Å²) in [6.07, 6.45) is 4.70. The quantitative estimate of drug-likeness (QED) is 0.619. The normalized spacial score (nSPS) is 10.4. The summed E-state index contributed by atoms with van der Waals surface area (Å²) in [5, 5.41) is 0. The molecule has 0 aliphatic heterocycles. The summed E-state index contributed by atoms with van der Waals surface area (Å²) in [5.74, 6) is 0. The van der Waals surface area contributed by atoms with Gasteiger partial charge in [0.15, 0.2) is 6.33 Å². The lowest BCUT2D eigenvalue weighted by atomic mass is 10.2. The zero-order chi connectivity index (χ0) is 8.55. The minimum absolute atomic E-state index is 0.968. The largest absolute Gasteiger partial charge is 0.324 e. The zero-order valence-corrected chi connectivity index (χ0v) is 6.91. The first-order valence-corrected chi connectivity index (χ1v) is 3.78. The number of benzene rings is 1. The van der Waals surface area contributed by atoms with Gasteiger partial charge in [-0.15, -0.1) is 0 Å². The van der Waals surface area contributed by atoms with Gasteiger partial charge in [-0.25, -0.2) is 4.98 Å². The second kappa shape index (κ2) is 2.48. The van der Waals surface area contributed by atoms with E-state index < -0.39 is 0 Å². The van der Waals surface area contributed by atoms with Gasteiger partial charge in [0.25, 0.3) is 0 Å². The molecule has 0 aliphatic carbocycles. The Morgan fingerprint density at radius 1 is 1.58 bits per heavy atom. The van der Waals surface area contributed by atoms with Gasteiger partial charge in [0.2, 0.25) is 0 Å². The highest BCUT2D eigenvalue weighted by Crippen LogP contribution is 2.16. The van der Waals surface area contributed by atoms with Crippen LogP contribution in [0.1, 0.15) is 5.56 Å². The van der Waals surface area contributed by atoms with Crippen molar-refractivity contribution in [3.05, 3.63) is 36.7 Å². The topological polar surface area (TPSA) is 17.8 Å². The van der Waals surface area contributed by atoms with Crippen molar-refractivity contribution in [2.24, 2.45) is 7.05 Å². The number of fused-ring (bicyclic) bond motifs is 1. The van der Waals surface area contributed by atoms with Crippen molar-refractivity contribution in [1.29, 1.82) is 0 Å². The second-order valence-corrected chi connectivity index (χ2v) is 2.69. The van der Waals surface area contributed by atoms with Crippen LogP contribution in [0.2, 0.25) is 0 Å². The average molecular weight is 157 g/mol. The Bertz CT molecular complexity index is 426. The highest BCUT2D eigenvalue weighted by atomic mass is 15.0. The molecule has 0 unspecified atom stereocenters. The molecule has 0 saturated carbocycles. The highest BCUT2D eigenvalue weighted by molar-refractivity contribution is 5.84. The standard InChI is InChI=1S/C10H9N2/c1-3-8-5-4-6-9-10(8)12(2)7-11-9/h3-6H,1H2,2H3. The SMILES string of the molecule is C=Cc1cccc2n[c]n(C)c12. The second-order valence-electron chi connectivity index (χ2n) is 2.69. The monoisotopic (exact) mass is 157 g/mol. The summed E-state index contributed by atoms with van der Waals surface area (Å²) >= 11 is 0. The molecule has 0 aliphatic rings. The Balaban J connectivity index is 2.93. The van der Waals surface area contributed by atoms with Crippen molar-refractivity contribution in [1.82, 2.24) is 9.55 Å². The summed E-state index contributed by atoms with van der Waals surface area (Å²) in [4.78, 5) is 4.12. The zero-order valence-electron chi connectivity index (χ0n) is 6.91. The van der Waals surface area contributed by atoms with Gasteiger partial charge in [-0.3, -0.25) is 0 Å². The Kier molecular flexibility index (Phi) is 1.47. The van der Waals surface area contributed by atoms with E-state index in [9.17, 15) is 0 Å². The number of aromatic nitrogens is 2. The van der Waals surface area contributed by atoms with Gasteiger partial charge < -0.3 is 4.57 Å². The molecule has 0 saturated heterocycles. The highest BCUT2D eigenvalue weighted by Gasteiger charge is 2.01. The molecular formula is C10H9N2.